The van der Waals surface area contributed by atoms with Gasteiger partial charge < -0.3 is 10.2 Å². The van der Waals surface area contributed by atoms with E-state index in [0.29, 0.717) is 22.4 Å². The Morgan fingerprint density at radius 3 is 2.60 bits per heavy atom. The average molecular weight is 502 g/mol. The summed E-state index contributed by atoms with van der Waals surface area (Å²) < 4.78 is 14.7. The first-order chi connectivity index (χ1) is 17.0. The second-order valence-electron chi connectivity index (χ2n) is 10.8. The molecule has 1 atom stereocenters. The topological polar surface area (TPSA) is 78.5 Å². The van der Waals surface area contributed by atoms with Gasteiger partial charge in [0.2, 0.25) is 11.8 Å². The molecule has 8 heteroatoms. The molecule has 0 aromatic heterocycles. The van der Waals surface area contributed by atoms with Crippen molar-refractivity contribution < 1.29 is 18.8 Å². The number of carbonyl (C=O) groups excluding carboxylic acids is 3. The predicted molar refractivity (Wildman–Crippen MR) is 134 cm³/mol. The van der Waals surface area contributed by atoms with Crippen LogP contribution in [-0.2, 0) is 16.1 Å². The summed E-state index contributed by atoms with van der Waals surface area (Å²) in [6, 6.07) is 2.96. The highest BCUT2D eigenvalue weighted by Gasteiger charge is 2.47. The highest BCUT2D eigenvalue weighted by molar-refractivity contribution is 7.99. The lowest BCUT2D eigenvalue weighted by Gasteiger charge is -2.54. The summed E-state index contributed by atoms with van der Waals surface area (Å²) in [4.78, 5) is 38.7. The van der Waals surface area contributed by atoms with Crippen molar-refractivity contribution in [1.29, 1.82) is 0 Å². The molecule has 190 valence electrons. The van der Waals surface area contributed by atoms with E-state index in [-0.39, 0.29) is 30.6 Å². The SMILES string of the molecule is O=C1CCC(N2Cc3c(ccc(F)c3SCCCCCCCNC3CC4(CCC4)C3)C2=O)C(=O)N1. The molecule has 5 rings (SSSR count). The zero-order valence-corrected chi connectivity index (χ0v) is 21.2. The molecule has 1 aromatic rings. The van der Waals surface area contributed by atoms with Crippen LogP contribution in [0.2, 0.25) is 0 Å². The standard InChI is InChI=1S/C27H36FN3O3S/c28-21-8-7-19-20(17-31(26(19)34)22-9-10-23(32)30-25(22)33)24(21)35-14-5-3-1-2-4-13-29-18-15-27(16-18)11-6-12-27/h7-8,18,22,29H,1-6,9-17H2,(H,30,32,33). The Hall–Kier alpha value is -1.93. The number of hydrogen-bond donors (Lipinski definition) is 2. The van der Waals surface area contributed by atoms with Crippen molar-refractivity contribution in [3.63, 3.8) is 0 Å². The van der Waals surface area contributed by atoms with Crippen LogP contribution in [0.4, 0.5) is 4.39 Å². The van der Waals surface area contributed by atoms with Gasteiger partial charge in [-0.05, 0) is 74.8 Å². The van der Waals surface area contributed by atoms with Crippen LogP contribution >= 0.6 is 11.8 Å². The van der Waals surface area contributed by atoms with Crippen molar-refractivity contribution in [2.24, 2.45) is 5.41 Å². The molecule has 3 amide bonds. The maximum Gasteiger partial charge on any atom is 0.255 e. The van der Waals surface area contributed by atoms with Crippen LogP contribution in [0.3, 0.4) is 0 Å². The summed E-state index contributed by atoms with van der Waals surface area (Å²) >= 11 is 1.47. The number of rotatable bonds is 11. The van der Waals surface area contributed by atoms with Crippen molar-refractivity contribution >= 4 is 29.5 Å². The third-order valence-corrected chi connectivity index (χ3v) is 9.61. The van der Waals surface area contributed by atoms with Crippen LogP contribution in [0.15, 0.2) is 17.0 Å². The number of amides is 3. The fourth-order valence-electron chi connectivity index (χ4n) is 6.19. The zero-order chi connectivity index (χ0) is 24.4. The van der Waals surface area contributed by atoms with E-state index in [1.165, 1.54) is 80.2 Å². The number of fused-ring (bicyclic) bond motifs is 1. The average Bonchev–Trinajstić information content (AvgIpc) is 3.10. The number of imide groups is 1. The van der Waals surface area contributed by atoms with Gasteiger partial charge in [0.05, 0.1) is 0 Å². The second kappa shape index (κ2) is 10.6. The number of piperidine rings is 1. The van der Waals surface area contributed by atoms with Gasteiger partial charge in [-0.2, -0.15) is 0 Å². The lowest BCUT2D eigenvalue weighted by atomic mass is 9.54. The van der Waals surface area contributed by atoms with Crippen molar-refractivity contribution in [1.82, 2.24) is 15.5 Å². The van der Waals surface area contributed by atoms with E-state index in [1.54, 1.807) is 0 Å². The third kappa shape index (κ3) is 5.29. The normalized spacial score (nSPS) is 23.3. The fraction of sp³-hybridized carbons (Fsp3) is 0.667. The molecular formula is C27H36FN3O3S. The van der Waals surface area contributed by atoms with Crippen LogP contribution in [0, 0.1) is 11.2 Å². The van der Waals surface area contributed by atoms with Gasteiger partial charge in [-0.1, -0.05) is 25.7 Å². The number of benzene rings is 1. The van der Waals surface area contributed by atoms with Crippen molar-refractivity contribution in [2.75, 3.05) is 12.3 Å². The molecule has 2 aliphatic carbocycles. The monoisotopic (exact) mass is 501 g/mol. The van der Waals surface area contributed by atoms with Crippen LogP contribution in [0.25, 0.3) is 0 Å². The molecule has 35 heavy (non-hydrogen) atoms. The Morgan fingerprint density at radius 1 is 1.09 bits per heavy atom. The molecule has 1 spiro atoms. The maximum atomic E-state index is 14.7. The first-order valence-electron chi connectivity index (χ1n) is 13.3. The summed E-state index contributed by atoms with van der Waals surface area (Å²) in [5, 5.41) is 6.02. The maximum absolute atomic E-state index is 14.7. The first-order valence-corrected chi connectivity index (χ1v) is 14.3. The number of hydrogen-bond acceptors (Lipinski definition) is 5. The Balaban J connectivity index is 1.02. The molecule has 0 bridgehead atoms. The van der Waals surface area contributed by atoms with Crippen LogP contribution < -0.4 is 10.6 Å². The van der Waals surface area contributed by atoms with E-state index >= 15 is 0 Å². The molecule has 2 heterocycles. The minimum Gasteiger partial charge on any atom is -0.322 e. The van der Waals surface area contributed by atoms with Crippen molar-refractivity contribution in [2.45, 2.75) is 101 Å². The molecule has 0 radical (unpaired) electrons. The smallest absolute Gasteiger partial charge is 0.255 e. The number of thioether (sulfide) groups is 1. The largest absolute Gasteiger partial charge is 0.322 e. The van der Waals surface area contributed by atoms with E-state index in [2.05, 4.69) is 10.6 Å². The summed E-state index contributed by atoms with van der Waals surface area (Å²) in [6.45, 7) is 1.34. The molecule has 2 aliphatic heterocycles. The van der Waals surface area contributed by atoms with Crippen LogP contribution in [-0.4, -0.2) is 47.0 Å². The Morgan fingerprint density at radius 2 is 1.86 bits per heavy atom. The fourth-order valence-corrected chi connectivity index (χ4v) is 7.30. The van der Waals surface area contributed by atoms with E-state index in [1.807, 2.05) is 0 Å². The van der Waals surface area contributed by atoms with Crippen LogP contribution in [0.1, 0.15) is 93.0 Å². The number of nitrogens with one attached hydrogen (secondary N) is 2. The van der Waals surface area contributed by atoms with Gasteiger partial charge in [0.1, 0.15) is 11.9 Å². The van der Waals surface area contributed by atoms with E-state index in [0.717, 1.165) is 36.6 Å². The minimum absolute atomic E-state index is 0.212. The van der Waals surface area contributed by atoms with Gasteiger partial charge >= 0.3 is 0 Å². The van der Waals surface area contributed by atoms with Gasteiger partial charge in [0.25, 0.3) is 5.91 Å². The summed E-state index contributed by atoms with van der Waals surface area (Å²) in [6.07, 6.45) is 13.4. The number of nitrogens with zero attached hydrogens (tertiary/aromatic N) is 1. The summed E-state index contributed by atoms with van der Waals surface area (Å²) in [5.74, 6) is -0.508. The van der Waals surface area contributed by atoms with Gasteiger partial charge in [0, 0.05) is 35.0 Å². The number of carbonyl (C=O) groups is 3. The van der Waals surface area contributed by atoms with E-state index in [4.69, 9.17) is 0 Å². The molecule has 2 N–H and O–H groups in total. The predicted octanol–water partition coefficient (Wildman–Crippen LogP) is 4.55. The highest BCUT2D eigenvalue weighted by atomic mass is 32.2. The molecule has 1 saturated heterocycles. The minimum atomic E-state index is -0.674. The van der Waals surface area contributed by atoms with Gasteiger partial charge in [-0.25, -0.2) is 4.39 Å². The third-order valence-electron chi connectivity index (χ3n) is 8.39. The van der Waals surface area contributed by atoms with Gasteiger partial charge in [-0.3, -0.25) is 19.7 Å². The summed E-state index contributed by atoms with van der Waals surface area (Å²) in [7, 11) is 0. The molecule has 2 saturated carbocycles. The Kier molecular flexibility index (Phi) is 7.49. The zero-order valence-electron chi connectivity index (χ0n) is 20.4. The van der Waals surface area contributed by atoms with Gasteiger partial charge in [-0.15, -0.1) is 11.8 Å². The van der Waals surface area contributed by atoms with Crippen LogP contribution in [0.5, 0.6) is 0 Å². The lowest BCUT2D eigenvalue weighted by Crippen LogP contribution is -2.52. The molecule has 1 unspecified atom stereocenters. The lowest BCUT2D eigenvalue weighted by molar-refractivity contribution is -0.136. The van der Waals surface area contributed by atoms with Gasteiger partial charge in [0.15, 0.2) is 0 Å². The Bertz CT molecular complexity index is 988. The second-order valence-corrected chi connectivity index (χ2v) is 11.9. The molecule has 1 aromatic carbocycles. The van der Waals surface area contributed by atoms with Crippen molar-refractivity contribution in [3.05, 3.63) is 29.1 Å². The highest BCUT2D eigenvalue weighted by Crippen LogP contribution is 2.55. The van der Waals surface area contributed by atoms with E-state index in [9.17, 15) is 18.8 Å². The molecule has 6 nitrogen and oxygen atoms in total. The van der Waals surface area contributed by atoms with E-state index < -0.39 is 11.9 Å². The van der Waals surface area contributed by atoms with Crippen molar-refractivity contribution in [3.8, 4) is 0 Å². The quantitative estimate of drug-likeness (QED) is 0.264. The molecule has 4 aliphatic rings. The number of halogens is 1. The molecular weight excluding hydrogens is 465 g/mol. The number of unbranched alkanes of at least 4 members (excludes halogenated alkanes) is 4. The first kappa shape index (κ1) is 24.8. The molecule has 3 fully saturated rings. The Labute approximate surface area is 211 Å². The summed E-state index contributed by atoms with van der Waals surface area (Å²) in [5.41, 5.74) is 1.89.